The summed E-state index contributed by atoms with van der Waals surface area (Å²) in [5, 5.41) is 5.04. The number of aryl methyl sites for hydroxylation is 2. The molecule has 1 saturated heterocycles. The van der Waals surface area contributed by atoms with Gasteiger partial charge in [0.2, 0.25) is 11.8 Å². The monoisotopic (exact) mass is 494 g/mol. The molecule has 5 nitrogen and oxygen atoms in total. The first kappa shape index (κ1) is 23.9. The van der Waals surface area contributed by atoms with E-state index in [-0.39, 0.29) is 6.42 Å². The molecular formula is C28H25F3N2O3. The predicted octanol–water partition coefficient (Wildman–Crippen LogP) is 5.47. The van der Waals surface area contributed by atoms with Crippen molar-refractivity contribution in [3.05, 3.63) is 94.5 Å². The van der Waals surface area contributed by atoms with E-state index in [1.54, 1.807) is 36.4 Å². The number of fused-ring (bicyclic) bond motifs is 2. The molecule has 0 bridgehead atoms. The highest BCUT2D eigenvalue weighted by Crippen LogP contribution is 2.45. The Morgan fingerprint density at radius 1 is 1.00 bits per heavy atom. The lowest BCUT2D eigenvalue weighted by Gasteiger charge is -2.38. The normalized spacial score (nSPS) is 23.1. The molecule has 2 aliphatic heterocycles. The van der Waals surface area contributed by atoms with Crippen LogP contribution in [-0.2, 0) is 9.59 Å². The average molecular weight is 495 g/mol. The predicted molar refractivity (Wildman–Crippen MR) is 128 cm³/mol. The summed E-state index contributed by atoms with van der Waals surface area (Å²) < 4.78 is 47.6. The zero-order valence-corrected chi connectivity index (χ0v) is 19.7. The molecule has 3 aromatic carbocycles. The molecule has 0 radical (unpaired) electrons. The Morgan fingerprint density at radius 2 is 1.75 bits per heavy atom. The number of benzene rings is 3. The second kappa shape index (κ2) is 9.00. The lowest BCUT2D eigenvalue weighted by atomic mass is 9.78. The Bertz CT molecular complexity index is 1320. The number of nitrogens with one attached hydrogen (secondary N) is 2. The maximum absolute atomic E-state index is 13.8. The van der Waals surface area contributed by atoms with Crippen molar-refractivity contribution >= 4 is 11.8 Å². The molecular weight excluding hydrogens is 469 g/mol. The topological polar surface area (TPSA) is 67.4 Å². The van der Waals surface area contributed by atoms with Gasteiger partial charge >= 0.3 is 6.18 Å². The largest absolute Gasteiger partial charge is 0.457 e. The first-order valence-corrected chi connectivity index (χ1v) is 11.7. The Balaban J connectivity index is 1.48. The van der Waals surface area contributed by atoms with Crippen LogP contribution in [0.15, 0.2) is 66.7 Å². The summed E-state index contributed by atoms with van der Waals surface area (Å²) in [7, 11) is 0. The van der Waals surface area contributed by atoms with Crippen LogP contribution in [0.1, 0.15) is 46.2 Å². The summed E-state index contributed by atoms with van der Waals surface area (Å²) in [6.07, 6.45) is -4.90. The van der Waals surface area contributed by atoms with Crippen LogP contribution in [0.25, 0.3) is 0 Å². The number of ether oxygens (including phenoxy) is 1. The fourth-order valence-electron chi connectivity index (χ4n) is 5.16. The number of hydrogen-bond donors (Lipinski definition) is 2. The molecule has 0 aliphatic carbocycles. The molecule has 4 atom stereocenters. The smallest absolute Gasteiger partial charge is 0.409 e. The Hall–Kier alpha value is -3.81. The van der Waals surface area contributed by atoms with E-state index in [1.165, 1.54) is 0 Å². The minimum atomic E-state index is -4.65. The van der Waals surface area contributed by atoms with Gasteiger partial charge in [-0.2, -0.15) is 13.2 Å². The quantitative estimate of drug-likeness (QED) is 0.475. The third-order valence-electron chi connectivity index (χ3n) is 6.96. The van der Waals surface area contributed by atoms with Crippen LogP contribution in [0.5, 0.6) is 11.5 Å². The summed E-state index contributed by atoms with van der Waals surface area (Å²) in [5.41, 5.74) is 3.76. The highest BCUT2D eigenvalue weighted by Gasteiger charge is 2.52. The van der Waals surface area contributed by atoms with Gasteiger partial charge in [-0.15, -0.1) is 0 Å². The summed E-state index contributed by atoms with van der Waals surface area (Å²) in [6.45, 7) is 3.82. The third kappa shape index (κ3) is 4.32. The zero-order valence-electron chi connectivity index (χ0n) is 19.7. The van der Waals surface area contributed by atoms with Gasteiger partial charge < -0.3 is 15.4 Å². The lowest BCUT2D eigenvalue weighted by Crippen LogP contribution is -2.58. The number of halogens is 3. The average Bonchev–Trinajstić information content (AvgIpc) is 2.83. The van der Waals surface area contributed by atoms with Crippen LogP contribution in [0.4, 0.5) is 13.2 Å². The molecule has 0 aromatic heterocycles. The van der Waals surface area contributed by atoms with Crippen LogP contribution in [-0.4, -0.2) is 24.0 Å². The molecule has 2 N–H and O–H groups in total. The molecule has 3 aromatic rings. The number of hydrogen-bond acceptors (Lipinski definition) is 3. The van der Waals surface area contributed by atoms with Gasteiger partial charge in [0.15, 0.2) is 0 Å². The standard InChI is InChI=1S/C28H25F3N2O3/c1-15-11-12-18-22(13-15)36-21-10-6-7-16(2)23(21)24(18)32-26(34)20-14-19(17-8-4-3-5-9-17)25(28(29,30)31)33-27(20)35/h3-13,19-20,24-25H,14H2,1-2H3,(H,32,34)(H,33,35). The molecule has 36 heavy (non-hydrogen) atoms. The molecule has 2 heterocycles. The zero-order chi connectivity index (χ0) is 25.6. The lowest BCUT2D eigenvalue weighted by molar-refractivity contribution is -0.175. The van der Waals surface area contributed by atoms with Gasteiger partial charge in [-0.3, -0.25) is 9.59 Å². The van der Waals surface area contributed by atoms with E-state index in [0.29, 0.717) is 17.1 Å². The summed E-state index contributed by atoms with van der Waals surface area (Å²) >= 11 is 0. The molecule has 186 valence electrons. The molecule has 5 rings (SSSR count). The Kier molecular flexibility index (Phi) is 5.98. The van der Waals surface area contributed by atoms with Crippen molar-refractivity contribution in [3.8, 4) is 11.5 Å². The molecule has 4 unspecified atom stereocenters. The van der Waals surface area contributed by atoms with E-state index in [1.807, 2.05) is 44.2 Å². The summed E-state index contributed by atoms with van der Waals surface area (Å²) in [6, 6.07) is 16.7. The van der Waals surface area contributed by atoms with Crippen molar-refractivity contribution in [1.29, 1.82) is 0 Å². The fraction of sp³-hybridized carbons (Fsp3) is 0.286. The van der Waals surface area contributed by atoms with E-state index in [9.17, 15) is 22.8 Å². The SMILES string of the molecule is Cc1ccc2c(c1)Oc1cccc(C)c1C2NC(=O)C1CC(c2ccccc2)C(C(F)(F)F)NC1=O. The van der Waals surface area contributed by atoms with Gasteiger partial charge in [-0.05, 0) is 49.1 Å². The van der Waals surface area contributed by atoms with Crippen molar-refractivity contribution < 1.29 is 27.5 Å². The van der Waals surface area contributed by atoms with E-state index in [0.717, 1.165) is 22.3 Å². The van der Waals surface area contributed by atoms with Crippen LogP contribution < -0.4 is 15.4 Å². The highest BCUT2D eigenvalue weighted by molar-refractivity contribution is 6.01. The maximum atomic E-state index is 13.8. The van der Waals surface area contributed by atoms with Crippen molar-refractivity contribution in [3.63, 3.8) is 0 Å². The van der Waals surface area contributed by atoms with Crippen molar-refractivity contribution in [2.45, 2.75) is 44.4 Å². The molecule has 1 fully saturated rings. The number of alkyl halides is 3. The van der Waals surface area contributed by atoms with Gasteiger partial charge in [0.1, 0.15) is 23.5 Å². The van der Waals surface area contributed by atoms with Crippen molar-refractivity contribution in [1.82, 2.24) is 10.6 Å². The second-order valence-corrected chi connectivity index (χ2v) is 9.41. The van der Waals surface area contributed by atoms with Crippen LogP contribution in [0, 0.1) is 19.8 Å². The molecule has 2 amide bonds. The van der Waals surface area contributed by atoms with Gasteiger partial charge in [0, 0.05) is 17.0 Å². The third-order valence-corrected chi connectivity index (χ3v) is 6.96. The summed E-state index contributed by atoms with van der Waals surface area (Å²) in [4.78, 5) is 26.3. The second-order valence-electron chi connectivity index (χ2n) is 9.41. The highest BCUT2D eigenvalue weighted by atomic mass is 19.4. The minimum absolute atomic E-state index is 0.254. The first-order valence-electron chi connectivity index (χ1n) is 11.7. The molecule has 8 heteroatoms. The van der Waals surface area contributed by atoms with E-state index in [4.69, 9.17) is 4.74 Å². The molecule has 0 saturated carbocycles. The van der Waals surface area contributed by atoms with Crippen LogP contribution >= 0.6 is 0 Å². The van der Waals surface area contributed by atoms with Gasteiger partial charge in [-0.25, -0.2) is 0 Å². The van der Waals surface area contributed by atoms with E-state index < -0.39 is 41.9 Å². The summed E-state index contributed by atoms with van der Waals surface area (Å²) in [5.74, 6) is -2.74. The molecule has 0 spiro atoms. The number of amides is 2. The van der Waals surface area contributed by atoms with Gasteiger partial charge in [-0.1, -0.05) is 54.6 Å². The van der Waals surface area contributed by atoms with Crippen LogP contribution in [0.3, 0.4) is 0 Å². The Labute approximate surface area is 206 Å². The maximum Gasteiger partial charge on any atom is 0.409 e. The number of piperidine rings is 1. The number of carbonyl (C=O) groups is 2. The van der Waals surface area contributed by atoms with Gasteiger partial charge in [0.25, 0.3) is 0 Å². The van der Waals surface area contributed by atoms with Gasteiger partial charge in [0.05, 0.1) is 6.04 Å². The number of rotatable bonds is 3. The van der Waals surface area contributed by atoms with E-state index in [2.05, 4.69) is 10.6 Å². The minimum Gasteiger partial charge on any atom is -0.457 e. The van der Waals surface area contributed by atoms with Crippen molar-refractivity contribution in [2.75, 3.05) is 0 Å². The first-order chi connectivity index (χ1) is 17.1. The van der Waals surface area contributed by atoms with E-state index >= 15 is 0 Å². The fourth-order valence-corrected chi connectivity index (χ4v) is 5.16. The number of carbonyl (C=O) groups excluding carboxylic acids is 2. The Morgan fingerprint density at radius 3 is 2.47 bits per heavy atom. The van der Waals surface area contributed by atoms with Crippen LogP contribution in [0.2, 0.25) is 0 Å². The van der Waals surface area contributed by atoms with Crippen molar-refractivity contribution in [2.24, 2.45) is 5.92 Å². The molecule has 2 aliphatic rings.